The second kappa shape index (κ2) is 10.8. The summed E-state index contributed by atoms with van der Waals surface area (Å²) in [5.74, 6) is -0.681. The molecule has 1 heterocycles. The molecule has 1 saturated heterocycles. The van der Waals surface area contributed by atoms with Gasteiger partial charge in [-0.2, -0.15) is 13.2 Å². The SMILES string of the molecule is COCCN(CC1CN(C(=O)c2cccc(C(F)(F)F)c2)CCO1)C(=O)c1ccc(C)cc1. The summed E-state index contributed by atoms with van der Waals surface area (Å²) in [5, 5.41) is 0. The van der Waals surface area contributed by atoms with Crippen molar-refractivity contribution < 1.29 is 32.2 Å². The van der Waals surface area contributed by atoms with E-state index in [-0.39, 0.29) is 37.7 Å². The highest BCUT2D eigenvalue weighted by molar-refractivity contribution is 5.95. The first-order valence-electron chi connectivity index (χ1n) is 10.6. The molecule has 2 aromatic rings. The first-order valence-corrected chi connectivity index (χ1v) is 10.6. The lowest BCUT2D eigenvalue weighted by molar-refractivity contribution is -0.137. The van der Waals surface area contributed by atoms with Crippen molar-refractivity contribution in [2.75, 3.05) is 46.5 Å². The van der Waals surface area contributed by atoms with Crippen LogP contribution in [0.25, 0.3) is 0 Å². The molecular weight excluding hydrogens is 437 g/mol. The molecule has 3 rings (SSSR count). The minimum absolute atomic E-state index is 0.0301. The van der Waals surface area contributed by atoms with Crippen LogP contribution in [0.15, 0.2) is 48.5 Å². The van der Waals surface area contributed by atoms with E-state index < -0.39 is 23.8 Å². The van der Waals surface area contributed by atoms with E-state index in [9.17, 15) is 22.8 Å². The molecule has 33 heavy (non-hydrogen) atoms. The molecule has 1 atom stereocenters. The van der Waals surface area contributed by atoms with E-state index in [0.29, 0.717) is 18.7 Å². The van der Waals surface area contributed by atoms with E-state index in [0.717, 1.165) is 17.7 Å². The van der Waals surface area contributed by atoms with Gasteiger partial charge in [0.1, 0.15) is 0 Å². The van der Waals surface area contributed by atoms with Gasteiger partial charge in [-0.15, -0.1) is 0 Å². The van der Waals surface area contributed by atoms with Gasteiger partial charge in [-0.05, 0) is 37.3 Å². The summed E-state index contributed by atoms with van der Waals surface area (Å²) in [6.07, 6.45) is -5.00. The number of nitrogens with zero attached hydrogens (tertiary/aromatic N) is 2. The van der Waals surface area contributed by atoms with Gasteiger partial charge in [0.05, 0.1) is 24.9 Å². The van der Waals surface area contributed by atoms with Gasteiger partial charge in [0.2, 0.25) is 0 Å². The summed E-state index contributed by atoms with van der Waals surface area (Å²) >= 11 is 0. The summed E-state index contributed by atoms with van der Waals surface area (Å²) < 4.78 is 50.0. The predicted molar refractivity (Wildman–Crippen MR) is 116 cm³/mol. The summed E-state index contributed by atoms with van der Waals surface area (Å²) in [7, 11) is 1.54. The summed E-state index contributed by atoms with van der Waals surface area (Å²) in [6.45, 7) is 3.48. The minimum atomic E-state index is -4.53. The van der Waals surface area contributed by atoms with E-state index in [1.807, 2.05) is 19.1 Å². The van der Waals surface area contributed by atoms with E-state index in [1.165, 1.54) is 17.0 Å². The van der Waals surface area contributed by atoms with Crippen LogP contribution < -0.4 is 0 Å². The maximum Gasteiger partial charge on any atom is 0.416 e. The molecule has 1 unspecified atom stereocenters. The first kappa shape index (κ1) is 24.7. The molecule has 6 nitrogen and oxygen atoms in total. The van der Waals surface area contributed by atoms with Crippen molar-refractivity contribution >= 4 is 11.8 Å². The van der Waals surface area contributed by atoms with Crippen molar-refractivity contribution in [3.8, 4) is 0 Å². The fourth-order valence-corrected chi connectivity index (χ4v) is 3.63. The fourth-order valence-electron chi connectivity index (χ4n) is 3.63. The summed E-state index contributed by atoms with van der Waals surface area (Å²) in [6, 6.07) is 11.6. The van der Waals surface area contributed by atoms with Gasteiger partial charge < -0.3 is 19.3 Å². The highest BCUT2D eigenvalue weighted by Crippen LogP contribution is 2.30. The smallest absolute Gasteiger partial charge is 0.383 e. The van der Waals surface area contributed by atoms with Crippen LogP contribution in [0.1, 0.15) is 31.8 Å². The van der Waals surface area contributed by atoms with Crippen molar-refractivity contribution in [2.24, 2.45) is 0 Å². The number of hydrogen-bond donors (Lipinski definition) is 0. The molecule has 0 N–H and O–H groups in total. The molecule has 0 aliphatic carbocycles. The van der Waals surface area contributed by atoms with Gasteiger partial charge in [0.25, 0.3) is 11.8 Å². The molecule has 0 spiro atoms. The third-order valence-electron chi connectivity index (χ3n) is 5.44. The standard InChI is InChI=1S/C24H27F3N2O4/c1-17-6-8-18(9-7-17)22(30)28(10-12-32-2)15-21-16-29(11-13-33-21)23(31)19-4-3-5-20(14-19)24(25,26)27/h3-9,14,21H,10-13,15-16H2,1-2H3. The van der Waals surface area contributed by atoms with Crippen molar-refractivity contribution in [2.45, 2.75) is 19.2 Å². The van der Waals surface area contributed by atoms with Crippen LogP contribution in [-0.2, 0) is 15.7 Å². The maximum absolute atomic E-state index is 13.0. The molecule has 1 aliphatic rings. The van der Waals surface area contributed by atoms with Crippen LogP contribution in [0.4, 0.5) is 13.2 Å². The quantitative estimate of drug-likeness (QED) is 0.628. The maximum atomic E-state index is 13.0. The molecule has 0 saturated carbocycles. The van der Waals surface area contributed by atoms with E-state index in [4.69, 9.17) is 9.47 Å². The Hall–Kier alpha value is -2.91. The molecular formula is C24H27F3N2O4. The van der Waals surface area contributed by atoms with Crippen LogP contribution in [-0.4, -0.2) is 74.2 Å². The van der Waals surface area contributed by atoms with E-state index >= 15 is 0 Å². The number of halogens is 3. The zero-order valence-corrected chi connectivity index (χ0v) is 18.6. The third-order valence-corrected chi connectivity index (χ3v) is 5.44. The highest BCUT2D eigenvalue weighted by Gasteiger charge is 2.32. The number of methoxy groups -OCH3 is 1. The number of ether oxygens (including phenoxy) is 2. The summed E-state index contributed by atoms with van der Waals surface area (Å²) in [4.78, 5) is 29.0. The van der Waals surface area contributed by atoms with E-state index in [2.05, 4.69) is 0 Å². The van der Waals surface area contributed by atoms with Gasteiger partial charge in [0.15, 0.2) is 0 Å². The number of benzene rings is 2. The molecule has 1 aliphatic heterocycles. The number of carbonyl (C=O) groups is 2. The average Bonchev–Trinajstić information content (AvgIpc) is 2.81. The topological polar surface area (TPSA) is 59.1 Å². The number of amides is 2. The number of carbonyl (C=O) groups excluding carboxylic acids is 2. The largest absolute Gasteiger partial charge is 0.416 e. The van der Waals surface area contributed by atoms with Crippen molar-refractivity contribution in [3.63, 3.8) is 0 Å². The molecule has 0 radical (unpaired) electrons. The number of rotatable bonds is 7. The molecule has 1 fully saturated rings. The Labute approximate surface area is 190 Å². The number of aryl methyl sites for hydroxylation is 1. The number of hydrogen-bond acceptors (Lipinski definition) is 4. The second-order valence-electron chi connectivity index (χ2n) is 7.93. The Bertz CT molecular complexity index is 963. The number of alkyl halides is 3. The first-order chi connectivity index (χ1) is 15.7. The zero-order chi connectivity index (χ0) is 24.0. The van der Waals surface area contributed by atoms with Gasteiger partial charge in [-0.3, -0.25) is 9.59 Å². The molecule has 9 heteroatoms. The van der Waals surface area contributed by atoms with Crippen LogP contribution in [0.5, 0.6) is 0 Å². The van der Waals surface area contributed by atoms with Gasteiger partial charge in [-0.25, -0.2) is 0 Å². The predicted octanol–water partition coefficient (Wildman–Crippen LogP) is 3.64. The van der Waals surface area contributed by atoms with Crippen molar-refractivity contribution in [3.05, 3.63) is 70.8 Å². The Kier molecular flexibility index (Phi) is 8.10. The van der Waals surface area contributed by atoms with Crippen LogP contribution in [0.2, 0.25) is 0 Å². The van der Waals surface area contributed by atoms with Gasteiger partial charge in [0, 0.05) is 44.4 Å². The van der Waals surface area contributed by atoms with Crippen LogP contribution >= 0.6 is 0 Å². The molecule has 0 aromatic heterocycles. The Balaban J connectivity index is 1.70. The average molecular weight is 464 g/mol. The lowest BCUT2D eigenvalue weighted by Crippen LogP contribution is -2.51. The summed E-state index contributed by atoms with van der Waals surface area (Å²) in [5.41, 5.74) is 0.670. The zero-order valence-electron chi connectivity index (χ0n) is 18.6. The van der Waals surface area contributed by atoms with Crippen LogP contribution in [0, 0.1) is 6.92 Å². The van der Waals surface area contributed by atoms with Crippen molar-refractivity contribution in [1.29, 1.82) is 0 Å². The lowest BCUT2D eigenvalue weighted by Gasteiger charge is -2.36. The monoisotopic (exact) mass is 464 g/mol. The highest BCUT2D eigenvalue weighted by atomic mass is 19.4. The molecule has 2 aromatic carbocycles. The second-order valence-corrected chi connectivity index (χ2v) is 7.93. The Morgan fingerprint density at radius 2 is 1.88 bits per heavy atom. The normalized spacial score (nSPS) is 16.5. The van der Waals surface area contributed by atoms with Gasteiger partial charge in [-0.1, -0.05) is 23.8 Å². The van der Waals surface area contributed by atoms with E-state index in [1.54, 1.807) is 24.1 Å². The van der Waals surface area contributed by atoms with Crippen molar-refractivity contribution in [1.82, 2.24) is 9.80 Å². The minimum Gasteiger partial charge on any atom is -0.383 e. The molecule has 0 bridgehead atoms. The Morgan fingerprint density at radius 1 is 1.15 bits per heavy atom. The lowest BCUT2D eigenvalue weighted by atomic mass is 10.1. The Morgan fingerprint density at radius 3 is 2.55 bits per heavy atom. The molecule has 2 amide bonds. The fraction of sp³-hybridized carbons (Fsp3) is 0.417. The third kappa shape index (κ3) is 6.55. The van der Waals surface area contributed by atoms with Crippen LogP contribution in [0.3, 0.4) is 0 Å². The molecule has 178 valence electrons. The number of morpholine rings is 1. The van der Waals surface area contributed by atoms with Gasteiger partial charge >= 0.3 is 6.18 Å².